The minimum absolute atomic E-state index is 0.416. The maximum absolute atomic E-state index is 5.52. The summed E-state index contributed by atoms with van der Waals surface area (Å²) in [5, 5.41) is 3.38. The molecule has 0 aromatic heterocycles. The average molecular weight is 192 g/mol. The SMILES string of the molecule is Cc1ccccc1CCNC(C)CN. The van der Waals surface area contributed by atoms with Crippen molar-refractivity contribution in [1.29, 1.82) is 0 Å². The molecule has 2 nitrogen and oxygen atoms in total. The van der Waals surface area contributed by atoms with Gasteiger partial charge in [0.2, 0.25) is 0 Å². The summed E-state index contributed by atoms with van der Waals surface area (Å²) in [6.07, 6.45) is 1.08. The van der Waals surface area contributed by atoms with Gasteiger partial charge in [-0.15, -0.1) is 0 Å². The van der Waals surface area contributed by atoms with Crippen LogP contribution >= 0.6 is 0 Å². The van der Waals surface area contributed by atoms with Crippen LogP contribution in [0.2, 0.25) is 0 Å². The molecule has 0 bridgehead atoms. The van der Waals surface area contributed by atoms with Crippen LogP contribution in [0.5, 0.6) is 0 Å². The second-order valence-corrected chi connectivity index (χ2v) is 3.77. The zero-order valence-electron chi connectivity index (χ0n) is 9.09. The van der Waals surface area contributed by atoms with Crippen molar-refractivity contribution < 1.29 is 0 Å². The fraction of sp³-hybridized carbons (Fsp3) is 0.500. The molecule has 2 heteroatoms. The summed E-state index contributed by atoms with van der Waals surface area (Å²) in [6.45, 7) is 5.97. The number of hydrogen-bond acceptors (Lipinski definition) is 2. The molecule has 0 aliphatic heterocycles. The molecule has 0 heterocycles. The Bertz CT molecular complexity index is 271. The van der Waals surface area contributed by atoms with Gasteiger partial charge in [-0.3, -0.25) is 0 Å². The van der Waals surface area contributed by atoms with Gasteiger partial charge >= 0.3 is 0 Å². The van der Waals surface area contributed by atoms with Crippen LogP contribution < -0.4 is 11.1 Å². The fourth-order valence-electron chi connectivity index (χ4n) is 1.43. The molecular weight excluding hydrogens is 172 g/mol. The first kappa shape index (κ1) is 11.2. The average Bonchev–Trinajstić information content (AvgIpc) is 2.20. The number of nitrogens with one attached hydrogen (secondary N) is 1. The summed E-state index contributed by atoms with van der Waals surface area (Å²) < 4.78 is 0. The van der Waals surface area contributed by atoms with Crippen LogP contribution in [0, 0.1) is 6.92 Å². The van der Waals surface area contributed by atoms with Crippen LogP contribution in [0.3, 0.4) is 0 Å². The van der Waals surface area contributed by atoms with Crippen molar-refractivity contribution in [2.45, 2.75) is 26.3 Å². The van der Waals surface area contributed by atoms with Crippen molar-refractivity contribution in [2.75, 3.05) is 13.1 Å². The van der Waals surface area contributed by atoms with Crippen molar-refractivity contribution >= 4 is 0 Å². The molecule has 1 aromatic rings. The molecule has 3 N–H and O–H groups in total. The van der Waals surface area contributed by atoms with Crippen molar-refractivity contribution in [3.8, 4) is 0 Å². The second kappa shape index (κ2) is 5.78. The number of rotatable bonds is 5. The predicted octanol–water partition coefficient (Wildman–Crippen LogP) is 1.47. The molecule has 0 amide bonds. The minimum Gasteiger partial charge on any atom is -0.329 e. The highest BCUT2D eigenvalue weighted by Gasteiger charge is 1.99. The summed E-state index contributed by atoms with van der Waals surface area (Å²) >= 11 is 0. The Balaban J connectivity index is 2.35. The van der Waals surface area contributed by atoms with Gasteiger partial charge in [0.15, 0.2) is 0 Å². The van der Waals surface area contributed by atoms with Crippen LogP contribution in [0.1, 0.15) is 18.1 Å². The van der Waals surface area contributed by atoms with E-state index in [4.69, 9.17) is 5.73 Å². The maximum atomic E-state index is 5.52. The van der Waals surface area contributed by atoms with Crippen LogP contribution in [-0.4, -0.2) is 19.1 Å². The molecule has 0 spiro atoms. The second-order valence-electron chi connectivity index (χ2n) is 3.77. The summed E-state index contributed by atoms with van der Waals surface area (Å²) in [5.74, 6) is 0. The predicted molar refractivity (Wildman–Crippen MR) is 61.4 cm³/mol. The van der Waals surface area contributed by atoms with Gasteiger partial charge in [0.05, 0.1) is 0 Å². The highest BCUT2D eigenvalue weighted by molar-refractivity contribution is 5.25. The van der Waals surface area contributed by atoms with E-state index in [1.54, 1.807) is 0 Å². The number of hydrogen-bond donors (Lipinski definition) is 2. The molecule has 0 radical (unpaired) electrons. The lowest BCUT2D eigenvalue weighted by Gasteiger charge is -2.11. The van der Waals surface area contributed by atoms with Crippen LogP contribution in [-0.2, 0) is 6.42 Å². The van der Waals surface area contributed by atoms with Gasteiger partial charge in [0.25, 0.3) is 0 Å². The summed E-state index contributed by atoms with van der Waals surface area (Å²) in [4.78, 5) is 0. The zero-order chi connectivity index (χ0) is 10.4. The third-order valence-corrected chi connectivity index (χ3v) is 2.50. The fourth-order valence-corrected chi connectivity index (χ4v) is 1.43. The Labute approximate surface area is 86.5 Å². The smallest absolute Gasteiger partial charge is 0.0162 e. The Morgan fingerprint density at radius 1 is 1.36 bits per heavy atom. The largest absolute Gasteiger partial charge is 0.329 e. The highest BCUT2D eigenvalue weighted by atomic mass is 14.9. The topological polar surface area (TPSA) is 38.0 Å². The lowest BCUT2D eigenvalue weighted by molar-refractivity contribution is 0.558. The van der Waals surface area contributed by atoms with Crippen molar-refractivity contribution in [3.63, 3.8) is 0 Å². The Morgan fingerprint density at radius 2 is 2.07 bits per heavy atom. The molecule has 1 unspecified atom stereocenters. The van der Waals surface area contributed by atoms with Gasteiger partial charge < -0.3 is 11.1 Å². The first-order chi connectivity index (χ1) is 6.74. The number of benzene rings is 1. The van der Waals surface area contributed by atoms with Crippen molar-refractivity contribution in [1.82, 2.24) is 5.32 Å². The number of aryl methyl sites for hydroxylation is 1. The van der Waals surface area contributed by atoms with Gasteiger partial charge in [-0.25, -0.2) is 0 Å². The Kier molecular flexibility index (Phi) is 4.63. The van der Waals surface area contributed by atoms with Crippen LogP contribution in [0.25, 0.3) is 0 Å². The highest BCUT2D eigenvalue weighted by Crippen LogP contribution is 2.06. The van der Waals surface area contributed by atoms with Crippen molar-refractivity contribution in [2.24, 2.45) is 5.73 Å². The van der Waals surface area contributed by atoms with E-state index in [2.05, 4.69) is 43.4 Å². The van der Waals surface area contributed by atoms with E-state index in [9.17, 15) is 0 Å². The van der Waals surface area contributed by atoms with E-state index in [0.29, 0.717) is 12.6 Å². The van der Waals surface area contributed by atoms with Gasteiger partial charge in [0, 0.05) is 12.6 Å². The van der Waals surface area contributed by atoms with Gasteiger partial charge in [0.1, 0.15) is 0 Å². The molecule has 78 valence electrons. The first-order valence-corrected chi connectivity index (χ1v) is 5.22. The lowest BCUT2D eigenvalue weighted by atomic mass is 10.1. The molecule has 1 aromatic carbocycles. The molecule has 14 heavy (non-hydrogen) atoms. The number of nitrogens with two attached hydrogens (primary N) is 1. The minimum atomic E-state index is 0.416. The van der Waals surface area contributed by atoms with E-state index in [0.717, 1.165) is 13.0 Å². The van der Waals surface area contributed by atoms with Gasteiger partial charge in [-0.05, 0) is 37.9 Å². The standard InChI is InChI=1S/C12H20N2/c1-10-5-3-4-6-12(10)7-8-14-11(2)9-13/h3-6,11,14H,7-9,13H2,1-2H3. The zero-order valence-corrected chi connectivity index (χ0v) is 9.09. The Hall–Kier alpha value is -0.860. The molecule has 0 fully saturated rings. The van der Waals surface area contributed by atoms with E-state index < -0.39 is 0 Å². The Morgan fingerprint density at radius 3 is 2.71 bits per heavy atom. The summed E-state index contributed by atoms with van der Waals surface area (Å²) in [5.41, 5.74) is 8.31. The van der Waals surface area contributed by atoms with Crippen molar-refractivity contribution in [3.05, 3.63) is 35.4 Å². The summed E-state index contributed by atoms with van der Waals surface area (Å²) in [6, 6.07) is 8.92. The first-order valence-electron chi connectivity index (χ1n) is 5.22. The maximum Gasteiger partial charge on any atom is 0.0162 e. The third kappa shape index (κ3) is 3.48. The molecule has 0 aliphatic carbocycles. The monoisotopic (exact) mass is 192 g/mol. The third-order valence-electron chi connectivity index (χ3n) is 2.50. The van der Waals surface area contributed by atoms with E-state index in [1.807, 2.05) is 0 Å². The van der Waals surface area contributed by atoms with E-state index in [1.165, 1.54) is 11.1 Å². The molecule has 0 saturated heterocycles. The molecule has 0 aliphatic rings. The lowest BCUT2D eigenvalue weighted by Crippen LogP contribution is -2.34. The normalized spacial score (nSPS) is 12.8. The molecule has 1 atom stereocenters. The van der Waals surface area contributed by atoms with E-state index >= 15 is 0 Å². The van der Waals surface area contributed by atoms with E-state index in [-0.39, 0.29) is 0 Å². The molecule has 1 rings (SSSR count). The van der Waals surface area contributed by atoms with Gasteiger partial charge in [-0.2, -0.15) is 0 Å². The van der Waals surface area contributed by atoms with Crippen LogP contribution in [0.15, 0.2) is 24.3 Å². The molecular formula is C12H20N2. The molecule has 0 saturated carbocycles. The van der Waals surface area contributed by atoms with Crippen LogP contribution in [0.4, 0.5) is 0 Å². The summed E-state index contributed by atoms with van der Waals surface area (Å²) in [7, 11) is 0. The van der Waals surface area contributed by atoms with Gasteiger partial charge in [-0.1, -0.05) is 24.3 Å². The quantitative estimate of drug-likeness (QED) is 0.741.